The lowest BCUT2D eigenvalue weighted by molar-refractivity contribution is 0.196. The van der Waals surface area contributed by atoms with Crippen LogP contribution < -0.4 is 4.72 Å². The van der Waals surface area contributed by atoms with Crippen molar-refractivity contribution in [3.05, 3.63) is 28.3 Å². The Hall–Kier alpha value is -0.660. The van der Waals surface area contributed by atoms with Crippen LogP contribution in [0.25, 0.3) is 0 Å². The fourth-order valence-electron chi connectivity index (χ4n) is 1.65. The van der Waals surface area contributed by atoms with Crippen LogP contribution in [-0.4, -0.2) is 33.8 Å². The van der Waals surface area contributed by atoms with E-state index in [0.29, 0.717) is 24.2 Å². The molecule has 0 aliphatic carbocycles. The van der Waals surface area contributed by atoms with Crippen molar-refractivity contribution in [2.24, 2.45) is 0 Å². The van der Waals surface area contributed by atoms with Gasteiger partial charge < -0.3 is 9.84 Å². The molecule has 0 aromatic heterocycles. The van der Waals surface area contributed by atoms with Gasteiger partial charge in [0, 0.05) is 25.3 Å². The van der Waals surface area contributed by atoms with Gasteiger partial charge in [-0.05, 0) is 36.6 Å². The Morgan fingerprint density at radius 2 is 2.11 bits per heavy atom. The Labute approximate surface area is 118 Å². The summed E-state index contributed by atoms with van der Waals surface area (Å²) in [6.07, 6.45) is 0.586. The molecule has 0 heterocycles. The average Bonchev–Trinajstić information content (AvgIpc) is 2.37. The van der Waals surface area contributed by atoms with E-state index in [0.717, 1.165) is 0 Å². The van der Waals surface area contributed by atoms with Crippen LogP contribution in [0.4, 0.5) is 0 Å². The van der Waals surface area contributed by atoms with E-state index < -0.39 is 10.0 Å². The van der Waals surface area contributed by atoms with Gasteiger partial charge in [-0.3, -0.25) is 0 Å². The maximum absolute atomic E-state index is 12.1. The highest BCUT2D eigenvalue weighted by molar-refractivity contribution is 7.89. The van der Waals surface area contributed by atoms with Gasteiger partial charge in [-0.1, -0.05) is 11.6 Å². The van der Waals surface area contributed by atoms with Gasteiger partial charge in [0.2, 0.25) is 10.0 Å². The molecule has 1 rings (SSSR count). The maximum atomic E-state index is 12.1. The Kier molecular flexibility index (Phi) is 6.22. The van der Waals surface area contributed by atoms with E-state index in [1.807, 2.05) is 0 Å². The minimum absolute atomic E-state index is 0.0986. The number of ether oxygens (including phenoxy) is 1. The lowest BCUT2D eigenvalue weighted by Gasteiger charge is -2.12. The third-order valence-electron chi connectivity index (χ3n) is 2.71. The predicted octanol–water partition coefficient (Wildman–Crippen LogP) is 1.46. The van der Waals surface area contributed by atoms with E-state index in [-0.39, 0.29) is 23.1 Å². The minimum atomic E-state index is -3.63. The fraction of sp³-hybridized carbons (Fsp3) is 0.500. The van der Waals surface area contributed by atoms with Crippen molar-refractivity contribution in [2.75, 3.05) is 20.3 Å². The molecule has 0 spiro atoms. The van der Waals surface area contributed by atoms with E-state index in [4.69, 9.17) is 16.3 Å². The van der Waals surface area contributed by atoms with Gasteiger partial charge in [0.1, 0.15) is 0 Å². The SMILES string of the molecule is COCCCNS(=O)(=O)c1cc(Cl)cc(CO)c1C. The third-order valence-corrected chi connectivity index (χ3v) is 4.52. The molecule has 7 heteroatoms. The normalized spacial score (nSPS) is 11.8. The smallest absolute Gasteiger partial charge is 0.240 e. The number of benzene rings is 1. The number of rotatable bonds is 7. The van der Waals surface area contributed by atoms with Crippen molar-refractivity contribution in [1.29, 1.82) is 0 Å². The highest BCUT2D eigenvalue weighted by atomic mass is 35.5. The Morgan fingerprint density at radius 3 is 2.68 bits per heavy atom. The molecular formula is C12H18ClNO4S. The van der Waals surface area contributed by atoms with E-state index in [1.165, 1.54) is 6.07 Å². The van der Waals surface area contributed by atoms with Crippen LogP contribution in [0.1, 0.15) is 17.5 Å². The largest absolute Gasteiger partial charge is 0.392 e. The van der Waals surface area contributed by atoms with Gasteiger partial charge >= 0.3 is 0 Å². The zero-order valence-corrected chi connectivity index (χ0v) is 12.5. The van der Waals surface area contributed by atoms with E-state index >= 15 is 0 Å². The number of sulfonamides is 1. The summed E-state index contributed by atoms with van der Waals surface area (Å²) in [6.45, 7) is 2.17. The number of methoxy groups -OCH3 is 1. The quantitative estimate of drug-likeness (QED) is 0.748. The summed E-state index contributed by atoms with van der Waals surface area (Å²) in [6, 6.07) is 2.94. The summed E-state index contributed by atoms with van der Waals surface area (Å²) in [5, 5.41) is 9.47. The number of aliphatic hydroxyl groups is 1. The van der Waals surface area contributed by atoms with E-state index in [1.54, 1.807) is 20.1 Å². The molecule has 1 aromatic carbocycles. The second kappa shape index (κ2) is 7.21. The predicted molar refractivity (Wildman–Crippen MR) is 73.8 cm³/mol. The highest BCUT2D eigenvalue weighted by Gasteiger charge is 2.19. The van der Waals surface area contributed by atoms with E-state index in [2.05, 4.69) is 4.72 Å². The van der Waals surface area contributed by atoms with Gasteiger partial charge in [-0.2, -0.15) is 0 Å². The number of aliphatic hydroxyl groups excluding tert-OH is 1. The molecule has 1 aromatic rings. The topological polar surface area (TPSA) is 75.6 Å². The molecule has 2 N–H and O–H groups in total. The molecule has 0 saturated heterocycles. The summed E-state index contributed by atoms with van der Waals surface area (Å²) in [5.41, 5.74) is 1.01. The van der Waals surface area contributed by atoms with Crippen molar-refractivity contribution in [2.45, 2.75) is 24.8 Å². The molecule has 0 fully saturated rings. The first-order valence-electron chi connectivity index (χ1n) is 5.81. The summed E-state index contributed by atoms with van der Waals surface area (Å²) in [4.78, 5) is 0.0986. The van der Waals surface area contributed by atoms with Crippen LogP contribution in [0, 0.1) is 6.92 Å². The average molecular weight is 308 g/mol. The molecule has 5 nitrogen and oxygen atoms in total. The molecular weight excluding hydrogens is 290 g/mol. The summed E-state index contributed by atoms with van der Waals surface area (Å²) in [7, 11) is -2.07. The van der Waals surface area contributed by atoms with Gasteiger partial charge in [0.05, 0.1) is 11.5 Å². The van der Waals surface area contributed by atoms with Crippen LogP contribution in [0.5, 0.6) is 0 Å². The molecule has 0 aliphatic rings. The zero-order valence-electron chi connectivity index (χ0n) is 10.9. The van der Waals surface area contributed by atoms with Crippen LogP contribution in [-0.2, 0) is 21.4 Å². The summed E-state index contributed by atoms with van der Waals surface area (Å²) < 4.78 is 31.6. The molecule has 0 radical (unpaired) electrons. The van der Waals surface area contributed by atoms with Crippen molar-refractivity contribution >= 4 is 21.6 Å². The first kappa shape index (κ1) is 16.4. The Morgan fingerprint density at radius 1 is 1.42 bits per heavy atom. The standard InChI is InChI=1S/C12H18ClNO4S/c1-9-10(8-15)6-11(13)7-12(9)19(16,17)14-4-3-5-18-2/h6-7,14-15H,3-5,8H2,1-2H3. The number of hydrogen-bond donors (Lipinski definition) is 2. The second-order valence-corrected chi connectivity index (χ2v) is 6.26. The molecule has 0 aliphatic heterocycles. The van der Waals surface area contributed by atoms with Crippen LogP contribution in [0.2, 0.25) is 5.02 Å². The number of hydrogen-bond acceptors (Lipinski definition) is 4. The van der Waals surface area contributed by atoms with Crippen molar-refractivity contribution in [3.8, 4) is 0 Å². The fourth-order valence-corrected chi connectivity index (χ4v) is 3.34. The van der Waals surface area contributed by atoms with Gasteiger partial charge in [0.25, 0.3) is 0 Å². The molecule has 0 unspecified atom stereocenters. The molecule has 108 valence electrons. The van der Waals surface area contributed by atoms with Crippen molar-refractivity contribution in [1.82, 2.24) is 4.72 Å². The Bertz CT molecular complexity index is 531. The second-order valence-electron chi connectivity index (χ2n) is 4.09. The lowest BCUT2D eigenvalue weighted by Crippen LogP contribution is -2.26. The monoisotopic (exact) mass is 307 g/mol. The lowest BCUT2D eigenvalue weighted by atomic mass is 10.1. The van der Waals surface area contributed by atoms with Crippen LogP contribution in [0.15, 0.2) is 17.0 Å². The first-order chi connectivity index (χ1) is 8.92. The molecule has 0 saturated carbocycles. The Balaban J connectivity index is 2.98. The van der Waals surface area contributed by atoms with E-state index in [9.17, 15) is 13.5 Å². The van der Waals surface area contributed by atoms with Gasteiger partial charge in [-0.15, -0.1) is 0 Å². The van der Waals surface area contributed by atoms with Crippen molar-refractivity contribution in [3.63, 3.8) is 0 Å². The zero-order chi connectivity index (χ0) is 14.5. The van der Waals surface area contributed by atoms with Crippen molar-refractivity contribution < 1.29 is 18.3 Å². The third kappa shape index (κ3) is 4.43. The van der Waals surface area contributed by atoms with Gasteiger partial charge in [-0.25, -0.2) is 13.1 Å². The number of halogens is 1. The van der Waals surface area contributed by atoms with Crippen LogP contribution in [0.3, 0.4) is 0 Å². The first-order valence-corrected chi connectivity index (χ1v) is 7.67. The maximum Gasteiger partial charge on any atom is 0.240 e. The summed E-state index contributed by atoms with van der Waals surface area (Å²) in [5.74, 6) is 0. The molecule has 19 heavy (non-hydrogen) atoms. The van der Waals surface area contributed by atoms with Crippen LogP contribution >= 0.6 is 11.6 Å². The summed E-state index contributed by atoms with van der Waals surface area (Å²) >= 11 is 5.87. The number of nitrogens with one attached hydrogen (secondary N) is 1. The molecule has 0 bridgehead atoms. The molecule has 0 amide bonds. The highest BCUT2D eigenvalue weighted by Crippen LogP contribution is 2.24. The molecule has 0 atom stereocenters. The van der Waals surface area contributed by atoms with Gasteiger partial charge in [0.15, 0.2) is 0 Å². The minimum Gasteiger partial charge on any atom is -0.392 e.